The van der Waals surface area contributed by atoms with Crippen molar-refractivity contribution in [1.29, 1.82) is 0 Å². The van der Waals surface area contributed by atoms with Gasteiger partial charge in [0.15, 0.2) is 0 Å². The molecule has 0 saturated heterocycles. The van der Waals surface area contributed by atoms with Crippen LogP contribution in [-0.2, 0) is 0 Å². The third-order valence-electron chi connectivity index (χ3n) is 3.00. The summed E-state index contributed by atoms with van der Waals surface area (Å²) in [4.78, 5) is 0. The molecule has 2 aromatic rings. The predicted molar refractivity (Wildman–Crippen MR) is 78.3 cm³/mol. The molecule has 100 valence electrons. The smallest absolute Gasteiger partial charge is 0.122 e. The fraction of sp³-hybridized carbons (Fsp3) is 0.200. The van der Waals surface area contributed by atoms with Crippen LogP contribution in [0.4, 0.5) is 0 Å². The zero-order chi connectivity index (χ0) is 14.0. The summed E-state index contributed by atoms with van der Waals surface area (Å²) in [6.07, 6.45) is -0.806. The van der Waals surface area contributed by atoms with Crippen molar-refractivity contribution in [2.45, 2.75) is 13.0 Å². The van der Waals surface area contributed by atoms with E-state index in [4.69, 9.17) is 27.9 Å². The number of halogens is 2. The van der Waals surface area contributed by atoms with Crippen LogP contribution < -0.4 is 4.74 Å². The van der Waals surface area contributed by atoms with Crippen molar-refractivity contribution in [3.05, 3.63) is 63.1 Å². The Labute approximate surface area is 122 Å². The van der Waals surface area contributed by atoms with Gasteiger partial charge in [-0.3, -0.25) is 0 Å². The predicted octanol–water partition coefficient (Wildman–Crippen LogP) is 4.39. The molecule has 1 atom stereocenters. The van der Waals surface area contributed by atoms with Crippen molar-refractivity contribution in [3.8, 4) is 5.75 Å². The van der Waals surface area contributed by atoms with Crippen LogP contribution in [0.5, 0.6) is 5.75 Å². The number of hydrogen-bond donors (Lipinski definition) is 1. The average molecular weight is 297 g/mol. The van der Waals surface area contributed by atoms with Gasteiger partial charge in [-0.1, -0.05) is 41.4 Å². The van der Waals surface area contributed by atoms with Gasteiger partial charge in [-0.2, -0.15) is 0 Å². The summed E-state index contributed by atoms with van der Waals surface area (Å²) in [5.41, 5.74) is 2.37. The number of rotatable bonds is 3. The molecule has 2 aromatic carbocycles. The highest BCUT2D eigenvalue weighted by molar-refractivity contribution is 6.35. The molecule has 19 heavy (non-hydrogen) atoms. The summed E-state index contributed by atoms with van der Waals surface area (Å²) in [7, 11) is 1.60. The van der Waals surface area contributed by atoms with Gasteiger partial charge in [-0.25, -0.2) is 0 Å². The molecule has 0 amide bonds. The van der Waals surface area contributed by atoms with Crippen LogP contribution >= 0.6 is 23.2 Å². The second-order valence-electron chi connectivity index (χ2n) is 4.30. The van der Waals surface area contributed by atoms with Crippen molar-refractivity contribution in [2.24, 2.45) is 0 Å². The molecule has 2 rings (SSSR count). The van der Waals surface area contributed by atoms with Crippen LogP contribution in [0.1, 0.15) is 22.8 Å². The van der Waals surface area contributed by atoms with Crippen molar-refractivity contribution in [3.63, 3.8) is 0 Å². The largest absolute Gasteiger partial charge is 0.496 e. The van der Waals surface area contributed by atoms with Gasteiger partial charge >= 0.3 is 0 Å². The lowest BCUT2D eigenvalue weighted by atomic mass is 10.00. The van der Waals surface area contributed by atoms with Gasteiger partial charge in [-0.15, -0.1) is 0 Å². The van der Waals surface area contributed by atoms with Gasteiger partial charge in [0.1, 0.15) is 11.9 Å². The van der Waals surface area contributed by atoms with Crippen LogP contribution in [0.15, 0.2) is 36.4 Å². The molecular weight excluding hydrogens is 283 g/mol. The summed E-state index contributed by atoms with van der Waals surface area (Å²) in [6, 6.07) is 10.6. The molecule has 0 radical (unpaired) electrons. The first-order valence-corrected chi connectivity index (χ1v) is 6.56. The van der Waals surface area contributed by atoms with Crippen LogP contribution in [0.25, 0.3) is 0 Å². The molecule has 0 fully saturated rings. The zero-order valence-electron chi connectivity index (χ0n) is 10.7. The molecule has 0 bridgehead atoms. The van der Waals surface area contributed by atoms with Gasteiger partial charge < -0.3 is 9.84 Å². The minimum absolute atomic E-state index is 0.444. The van der Waals surface area contributed by atoms with E-state index >= 15 is 0 Å². The Kier molecular flexibility index (Phi) is 4.35. The highest BCUT2D eigenvalue weighted by atomic mass is 35.5. The number of aryl methyl sites for hydroxylation is 1. The lowest BCUT2D eigenvalue weighted by Gasteiger charge is -2.15. The number of aliphatic hydroxyl groups excluding tert-OH is 1. The third kappa shape index (κ3) is 3.03. The summed E-state index contributed by atoms with van der Waals surface area (Å²) in [5, 5.41) is 11.4. The van der Waals surface area contributed by atoms with Crippen molar-refractivity contribution in [2.75, 3.05) is 7.11 Å². The van der Waals surface area contributed by atoms with Gasteiger partial charge in [0.05, 0.1) is 7.11 Å². The van der Waals surface area contributed by atoms with Gasteiger partial charge in [0, 0.05) is 15.6 Å². The molecular formula is C15H14Cl2O2. The van der Waals surface area contributed by atoms with E-state index in [1.54, 1.807) is 25.3 Å². The molecule has 1 unspecified atom stereocenters. The first-order valence-electron chi connectivity index (χ1n) is 5.80. The van der Waals surface area contributed by atoms with Crippen LogP contribution in [-0.4, -0.2) is 12.2 Å². The summed E-state index contributed by atoms with van der Waals surface area (Å²) >= 11 is 12.0. The second kappa shape index (κ2) is 5.83. The number of ether oxygens (including phenoxy) is 1. The maximum absolute atomic E-state index is 10.4. The van der Waals surface area contributed by atoms with Crippen LogP contribution in [0.3, 0.4) is 0 Å². The fourth-order valence-corrected chi connectivity index (χ4v) is 2.42. The van der Waals surface area contributed by atoms with E-state index in [-0.39, 0.29) is 0 Å². The van der Waals surface area contributed by atoms with E-state index in [1.165, 1.54) is 0 Å². The highest BCUT2D eigenvalue weighted by Gasteiger charge is 2.15. The van der Waals surface area contributed by atoms with Gasteiger partial charge in [0.25, 0.3) is 0 Å². The molecule has 0 aliphatic rings. The first-order chi connectivity index (χ1) is 9.02. The summed E-state index contributed by atoms with van der Waals surface area (Å²) in [5.74, 6) is 0.738. The Morgan fingerprint density at radius 1 is 1.11 bits per heavy atom. The Balaban J connectivity index is 2.40. The maximum Gasteiger partial charge on any atom is 0.122 e. The van der Waals surface area contributed by atoms with E-state index < -0.39 is 6.10 Å². The van der Waals surface area contributed by atoms with E-state index in [1.807, 2.05) is 25.1 Å². The van der Waals surface area contributed by atoms with Crippen molar-refractivity contribution in [1.82, 2.24) is 0 Å². The summed E-state index contributed by atoms with van der Waals surface area (Å²) in [6.45, 7) is 1.95. The minimum atomic E-state index is -0.806. The molecule has 0 saturated carbocycles. The Hall–Kier alpha value is -1.22. The second-order valence-corrected chi connectivity index (χ2v) is 5.14. The number of methoxy groups -OCH3 is 1. The standard InChI is InChI=1S/C15H14Cl2O2/c1-9-3-4-10(7-14(9)19-2)15(18)12-6-5-11(16)8-13(12)17/h3-8,15,18H,1-2H3. The molecule has 0 spiro atoms. The van der Waals surface area contributed by atoms with E-state index in [0.717, 1.165) is 16.9 Å². The third-order valence-corrected chi connectivity index (χ3v) is 3.57. The maximum atomic E-state index is 10.4. The molecule has 0 heterocycles. The molecule has 4 heteroatoms. The molecule has 0 aromatic heterocycles. The van der Waals surface area contributed by atoms with Crippen molar-refractivity contribution < 1.29 is 9.84 Å². The Bertz CT molecular complexity index is 597. The average Bonchev–Trinajstić information content (AvgIpc) is 2.38. The lowest BCUT2D eigenvalue weighted by molar-refractivity contribution is 0.220. The van der Waals surface area contributed by atoms with E-state index in [9.17, 15) is 5.11 Å². The van der Waals surface area contributed by atoms with E-state index in [0.29, 0.717) is 15.6 Å². The fourth-order valence-electron chi connectivity index (χ4n) is 1.91. The molecule has 0 aliphatic heterocycles. The van der Waals surface area contributed by atoms with E-state index in [2.05, 4.69) is 0 Å². The number of benzene rings is 2. The van der Waals surface area contributed by atoms with Crippen LogP contribution in [0.2, 0.25) is 10.0 Å². The van der Waals surface area contributed by atoms with Crippen LogP contribution in [0, 0.1) is 6.92 Å². The monoisotopic (exact) mass is 296 g/mol. The topological polar surface area (TPSA) is 29.5 Å². The molecule has 2 nitrogen and oxygen atoms in total. The Morgan fingerprint density at radius 3 is 2.47 bits per heavy atom. The zero-order valence-corrected chi connectivity index (χ0v) is 12.2. The normalized spacial score (nSPS) is 12.3. The quantitative estimate of drug-likeness (QED) is 0.910. The Morgan fingerprint density at radius 2 is 1.84 bits per heavy atom. The van der Waals surface area contributed by atoms with Gasteiger partial charge in [0.2, 0.25) is 0 Å². The lowest BCUT2D eigenvalue weighted by Crippen LogP contribution is -2.01. The van der Waals surface area contributed by atoms with Gasteiger partial charge in [-0.05, 0) is 36.2 Å². The number of aliphatic hydroxyl groups is 1. The minimum Gasteiger partial charge on any atom is -0.496 e. The first kappa shape index (κ1) is 14.2. The summed E-state index contributed by atoms with van der Waals surface area (Å²) < 4.78 is 5.26. The SMILES string of the molecule is COc1cc(C(O)c2ccc(Cl)cc2Cl)ccc1C. The van der Waals surface area contributed by atoms with Crippen molar-refractivity contribution >= 4 is 23.2 Å². The number of hydrogen-bond acceptors (Lipinski definition) is 2. The highest BCUT2D eigenvalue weighted by Crippen LogP contribution is 2.32. The molecule has 1 N–H and O–H groups in total. The molecule has 0 aliphatic carbocycles.